The van der Waals surface area contributed by atoms with E-state index in [0.29, 0.717) is 6.04 Å². The van der Waals surface area contributed by atoms with Crippen molar-refractivity contribution in [3.63, 3.8) is 0 Å². The van der Waals surface area contributed by atoms with Crippen LogP contribution in [0.1, 0.15) is 40.0 Å². The number of hydrogen-bond donors (Lipinski definition) is 1. The SMILES string of the molecule is CCCNC(C)CN(CCOC)C(C)C1CC1. The number of nitrogens with one attached hydrogen (secondary N) is 1. The molecule has 1 N–H and O–H groups in total. The standard InChI is InChI=1S/C14H30N2O/c1-5-8-15-12(2)11-16(9-10-17-4)13(3)14-6-7-14/h12-15H,5-11H2,1-4H3. The van der Waals surface area contributed by atoms with Crippen LogP contribution in [0.4, 0.5) is 0 Å². The summed E-state index contributed by atoms with van der Waals surface area (Å²) in [4.78, 5) is 2.59. The predicted octanol–water partition coefficient (Wildman–Crippen LogP) is 2.12. The molecule has 1 fully saturated rings. The van der Waals surface area contributed by atoms with Crippen molar-refractivity contribution in [3.8, 4) is 0 Å². The van der Waals surface area contributed by atoms with Crippen LogP contribution in [0.3, 0.4) is 0 Å². The van der Waals surface area contributed by atoms with Gasteiger partial charge in [0.2, 0.25) is 0 Å². The van der Waals surface area contributed by atoms with Crippen molar-refractivity contribution in [2.75, 3.05) is 33.4 Å². The molecule has 17 heavy (non-hydrogen) atoms. The fourth-order valence-electron chi connectivity index (χ4n) is 2.35. The highest BCUT2D eigenvalue weighted by molar-refractivity contribution is 4.86. The van der Waals surface area contributed by atoms with Crippen molar-refractivity contribution in [2.45, 2.75) is 52.1 Å². The van der Waals surface area contributed by atoms with E-state index in [1.165, 1.54) is 19.3 Å². The predicted molar refractivity (Wildman–Crippen MR) is 73.4 cm³/mol. The van der Waals surface area contributed by atoms with E-state index in [4.69, 9.17) is 4.74 Å². The van der Waals surface area contributed by atoms with Crippen molar-refractivity contribution in [3.05, 3.63) is 0 Å². The molecule has 1 rings (SSSR count). The molecule has 0 spiro atoms. The summed E-state index contributed by atoms with van der Waals surface area (Å²) in [7, 11) is 1.79. The summed E-state index contributed by atoms with van der Waals surface area (Å²) in [6, 6.07) is 1.30. The van der Waals surface area contributed by atoms with Gasteiger partial charge in [0, 0.05) is 32.3 Å². The zero-order chi connectivity index (χ0) is 12.7. The average Bonchev–Trinajstić information content (AvgIpc) is 3.15. The Bertz CT molecular complexity index is 195. The second-order valence-electron chi connectivity index (χ2n) is 5.42. The quantitative estimate of drug-likeness (QED) is 0.635. The molecule has 0 heterocycles. The van der Waals surface area contributed by atoms with Gasteiger partial charge in [0.15, 0.2) is 0 Å². The fourth-order valence-corrected chi connectivity index (χ4v) is 2.35. The first-order valence-corrected chi connectivity index (χ1v) is 7.15. The maximum atomic E-state index is 5.22. The summed E-state index contributed by atoms with van der Waals surface area (Å²) in [5, 5.41) is 3.57. The highest BCUT2D eigenvalue weighted by atomic mass is 16.5. The highest BCUT2D eigenvalue weighted by Gasteiger charge is 2.32. The Balaban J connectivity index is 2.32. The van der Waals surface area contributed by atoms with Crippen molar-refractivity contribution >= 4 is 0 Å². The molecule has 0 aromatic heterocycles. The lowest BCUT2D eigenvalue weighted by atomic mass is 10.1. The Hall–Kier alpha value is -0.120. The van der Waals surface area contributed by atoms with E-state index in [0.717, 1.165) is 38.2 Å². The van der Waals surface area contributed by atoms with Gasteiger partial charge in [0.1, 0.15) is 0 Å². The molecular weight excluding hydrogens is 212 g/mol. The maximum Gasteiger partial charge on any atom is 0.0589 e. The number of methoxy groups -OCH3 is 1. The average molecular weight is 242 g/mol. The first-order valence-electron chi connectivity index (χ1n) is 7.15. The zero-order valence-electron chi connectivity index (χ0n) is 12.0. The number of rotatable bonds is 10. The number of nitrogens with zero attached hydrogens (tertiary/aromatic N) is 1. The Labute approximate surface area is 107 Å². The summed E-state index contributed by atoms with van der Waals surface area (Å²) in [6.45, 7) is 11.0. The molecule has 0 radical (unpaired) electrons. The molecule has 1 aliphatic rings. The Morgan fingerprint density at radius 3 is 2.59 bits per heavy atom. The van der Waals surface area contributed by atoms with Gasteiger partial charge in [0.25, 0.3) is 0 Å². The molecule has 3 nitrogen and oxygen atoms in total. The Morgan fingerprint density at radius 1 is 1.35 bits per heavy atom. The monoisotopic (exact) mass is 242 g/mol. The first-order chi connectivity index (χ1) is 8.19. The second-order valence-corrected chi connectivity index (χ2v) is 5.42. The molecule has 1 saturated carbocycles. The zero-order valence-corrected chi connectivity index (χ0v) is 12.0. The van der Waals surface area contributed by atoms with Crippen LogP contribution in [-0.4, -0.2) is 50.3 Å². The van der Waals surface area contributed by atoms with Crippen LogP contribution in [0, 0.1) is 5.92 Å². The van der Waals surface area contributed by atoms with Gasteiger partial charge in [0.05, 0.1) is 6.61 Å². The van der Waals surface area contributed by atoms with Crippen LogP contribution >= 0.6 is 0 Å². The summed E-state index contributed by atoms with van der Waals surface area (Å²) in [5.74, 6) is 0.935. The third-order valence-electron chi connectivity index (χ3n) is 3.71. The lowest BCUT2D eigenvalue weighted by Crippen LogP contribution is -2.45. The van der Waals surface area contributed by atoms with Gasteiger partial charge in [-0.25, -0.2) is 0 Å². The Kier molecular flexibility index (Phi) is 7.09. The van der Waals surface area contributed by atoms with Gasteiger partial charge < -0.3 is 10.1 Å². The highest BCUT2D eigenvalue weighted by Crippen LogP contribution is 2.35. The van der Waals surface area contributed by atoms with Crippen LogP contribution in [0.2, 0.25) is 0 Å². The van der Waals surface area contributed by atoms with Crippen molar-refractivity contribution < 1.29 is 4.74 Å². The Morgan fingerprint density at radius 2 is 2.06 bits per heavy atom. The van der Waals surface area contributed by atoms with Crippen LogP contribution in [-0.2, 0) is 4.74 Å². The summed E-state index contributed by atoms with van der Waals surface area (Å²) >= 11 is 0. The van der Waals surface area contributed by atoms with E-state index in [1.807, 2.05) is 0 Å². The van der Waals surface area contributed by atoms with Gasteiger partial charge in [-0.05, 0) is 45.6 Å². The summed E-state index contributed by atoms with van der Waals surface area (Å²) in [5.41, 5.74) is 0. The molecule has 3 heteroatoms. The largest absolute Gasteiger partial charge is 0.383 e. The minimum Gasteiger partial charge on any atom is -0.383 e. The van der Waals surface area contributed by atoms with Crippen LogP contribution < -0.4 is 5.32 Å². The molecule has 0 aromatic rings. The van der Waals surface area contributed by atoms with Crippen molar-refractivity contribution in [1.82, 2.24) is 10.2 Å². The van der Waals surface area contributed by atoms with Crippen molar-refractivity contribution in [1.29, 1.82) is 0 Å². The van der Waals surface area contributed by atoms with Gasteiger partial charge in [-0.1, -0.05) is 6.92 Å². The molecule has 2 unspecified atom stereocenters. The molecular formula is C14H30N2O. The molecule has 0 saturated heterocycles. The molecule has 2 atom stereocenters. The number of ether oxygens (including phenoxy) is 1. The first kappa shape index (κ1) is 14.9. The lowest BCUT2D eigenvalue weighted by Gasteiger charge is -2.31. The summed E-state index contributed by atoms with van der Waals surface area (Å²) in [6.07, 6.45) is 4.05. The van der Waals surface area contributed by atoms with E-state index < -0.39 is 0 Å². The van der Waals surface area contributed by atoms with Gasteiger partial charge >= 0.3 is 0 Å². The normalized spacial score (nSPS) is 19.6. The second kappa shape index (κ2) is 8.06. The lowest BCUT2D eigenvalue weighted by molar-refractivity contribution is 0.110. The minimum atomic E-state index is 0.577. The fraction of sp³-hybridized carbons (Fsp3) is 1.00. The molecule has 0 bridgehead atoms. The van der Waals surface area contributed by atoms with Crippen LogP contribution in [0.25, 0.3) is 0 Å². The van der Waals surface area contributed by atoms with E-state index in [2.05, 4.69) is 31.0 Å². The molecule has 0 aliphatic heterocycles. The van der Waals surface area contributed by atoms with E-state index in [9.17, 15) is 0 Å². The van der Waals surface area contributed by atoms with E-state index in [1.54, 1.807) is 7.11 Å². The third kappa shape index (κ3) is 5.84. The van der Waals surface area contributed by atoms with Crippen LogP contribution in [0.15, 0.2) is 0 Å². The molecule has 0 amide bonds. The van der Waals surface area contributed by atoms with E-state index in [-0.39, 0.29) is 0 Å². The van der Waals surface area contributed by atoms with Crippen LogP contribution in [0.5, 0.6) is 0 Å². The van der Waals surface area contributed by atoms with E-state index >= 15 is 0 Å². The van der Waals surface area contributed by atoms with Gasteiger partial charge in [-0.3, -0.25) is 4.90 Å². The molecule has 0 aromatic carbocycles. The minimum absolute atomic E-state index is 0.577. The van der Waals surface area contributed by atoms with Crippen molar-refractivity contribution in [2.24, 2.45) is 5.92 Å². The molecule has 102 valence electrons. The smallest absolute Gasteiger partial charge is 0.0589 e. The molecule has 1 aliphatic carbocycles. The summed E-state index contributed by atoms with van der Waals surface area (Å²) < 4.78 is 5.22. The van der Waals surface area contributed by atoms with Gasteiger partial charge in [-0.15, -0.1) is 0 Å². The topological polar surface area (TPSA) is 24.5 Å². The van der Waals surface area contributed by atoms with Gasteiger partial charge in [-0.2, -0.15) is 0 Å². The maximum absolute atomic E-state index is 5.22. The number of hydrogen-bond acceptors (Lipinski definition) is 3. The third-order valence-corrected chi connectivity index (χ3v) is 3.71.